The maximum absolute atomic E-state index is 12.4. The van der Waals surface area contributed by atoms with Crippen LogP contribution < -0.4 is 14.8 Å². The Morgan fingerprint density at radius 3 is 2.74 bits per heavy atom. The van der Waals surface area contributed by atoms with Gasteiger partial charge < -0.3 is 14.8 Å². The molecule has 1 unspecified atom stereocenters. The summed E-state index contributed by atoms with van der Waals surface area (Å²) in [5.74, 6) is 0.0419. The summed E-state index contributed by atoms with van der Waals surface area (Å²) >= 11 is 0. The molecule has 6 heteroatoms. The number of amides is 1. The van der Waals surface area contributed by atoms with E-state index in [1.807, 2.05) is 24.3 Å². The number of carbonyl (C=O) groups is 1. The second kappa shape index (κ2) is 6.64. The van der Waals surface area contributed by atoms with Crippen LogP contribution in [0.3, 0.4) is 0 Å². The van der Waals surface area contributed by atoms with Crippen molar-refractivity contribution in [1.29, 1.82) is 0 Å². The minimum atomic E-state index is -2.95. The van der Waals surface area contributed by atoms with Crippen molar-refractivity contribution in [2.75, 3.05) is 11.9 Å². The first-order valence-corrected chi connectivity index (χ1v) is 7.19. The van der Waals surface area contributed by atoms with Crippen LogP contribution in [0, 0.1) is 5.92 Å². The Labute approximate surface area is 132 Å². The van der Waals surface area contributed by atoms with Crippen LogP contribution in [0.5, 0.6) is 11.5 Å². The Morgan fingerprint density at radius 2 is 1.91 bits per heavy atom. The maximum Gasteiger partial charge on any atom is 0.387 e. The van der Waals surface area contributed by atoms with E-state index in [-0.39, 0.29) is 29.9 Å². The quantitative estimate of drug-likeness (QED) is 0.938. The van der Waals surface area contributed by atoms with E-state index in [2.05, 4.69) is 10.1 Å². The first kappa shape index (κ1) is 15.3. The molecule has 1 atom stereocenters. The summed E-state index contributed by atoms with van der Waals surface area (Å²) in [6, 6.07) is 13.6. The molecule has 0 saturated heterocycles. The van der Waals surface area contributed by atoms with Gasteiger partial charge in [-0.1, -0.05) is 30.3 Å². The number of ether oxygens (including phenoxy) is 2. The molecule has 2 aromatic carbocycles. The fraction of sp³-hybridized carbons (Fsp3) is 0.235. The van der Waals surface area contributed by atoms with E-state index in [1.165, 1.54) is 12.1 Å². The van der Waals surface area contributed by atoms with Gasteiger partial charge in [0.2, 0.25) is 5.91 Å². The Kier molecular flexibility index (Phi) is 4.41. The van der Waals surface area contributed by atoms with Crippen molar-refractivity contribution < 1.29 is 23.0 Å². The van der Waals surface area contributed by atoms with Crippen LogP contribution in [-0.4, -0.2) is 19.1 Å². The first-order chi connectivity index (χ1) is 11.1. The van der Waals surface area contributed by atoms with E-state index in [4.69, 9.17) is 4.74 Å². The van der Waals surface area contributed by atoms with Crippen molar-refractivity contribution >= 4 is 11.6 Å². The summed E-state index contributed by atoms with van der Waals surface area (Å²) in [5.41, 5.74) is 1.17. The summed E-state index contributed by atoms with van der Waals surface area (Å²) < 4.78 is 34.8. The van der Waals surface area contributed by atoms with Gasteiger partial charge in [0.15, 0.2) is 0 Å². The van der Waals surface area contributed by atoms with Gasteiger partial charge in [-0.05, 0) is 30.2 Å². The zero-order chi connectivity index (χ0) is 16.2. The number of hydrogen-bond donors (Lipinski definition) is 1. The molecule has 0 radical (unpaired) electrons. The number of hydrogen-bond acceptors (Lipinski definition) is 3. The van der Waals surface area contributed by atoms with Crippen LogP contribution in [0.15, 0.2) is 48.5 Å². The standard InChI is InChI=1S/C17H15F2NO3/c18-17(19)23-15-8-4-2-6-13(15)20-16(21)12-9-11-5-1-3-7-14(11)22-10-12/h1-8,12,17H,9-10H2,(H,20,21). The van der Waals surface area contributed by atoms with Crippen LogP contribution in [0.2, 0.25) is 0 Å². The summed E-state index contributed by atoms with van der Waals surface area (Å²) in [6.07, 6.45) is 0.542. The molecular formula is C17H15F2NO3. The van der Waals surface area contributed by atoms with Crippen LogP contribution in [0.1, 0.15) is 5.56 Å². The number of rotatable bonds is 4. The minimum Gasteiger partial charge on any atom is -0.492 e. The number of benzene rings is 2. The Balaban J connectivity index is 1.71. The molecular weight excluding hydrogens is 304 g/mol. The molecule has 1 amide bonds. The van der Waals surface area contributed by atoms with Crippen molar-refractivity contribution in [1.82, 2.24) is 0 Å². The lowest BCUT2D eigenvalue weighted by molar-refractivity contribution is -0.121. The summed E-state index contributed by atoms with van der Waals surface area (Å²) in [7, 11) is 0. The third-order valence-corrected chi connectivity index (χ3v) is 3.61. The Hall–Kier alpha value is -2.63. The van der Waals surface area contributed by atoms with Gasteiger partial charge in [-0.3, -0.25) is 4.79 Å². The SMILES string of the molecule is O=C(Nc1ccccc1OC(F)F)C1COc2ccccc2C1. The van der Waals surface area contributed by atoms with Crippen LogP contribution >= 0.6 is 0 Å². The predicted octanol–water partition coefficient (Wildman–Crippen LogP) is 3.48. The van der Waals surface area contributed by atoms with Crippen LogP contribution in [0.25, 0.3) is 0 Å². The van der Waals surface area contributed by atoms with Gasteiger partial charge in [-0.15, -0.1) is 0 Å². The van der Waals surface area contributed by atoms with Crippen molar-refractivity contribution in [3.63, 3.8) is 0 Å². The van der Waals surface area contributed by atoms with E-state index in [9.17, 15) is 13.6 Å². The third-order valence-electron chi connectivity index (χ3n) is 3.61. The third kappa shape index (κ3) is 3.59. The van der Waals surface area contributed by atoms with Gasteiger partial charge in [0, 0.05) is 0 Å². The van der Waals surface area contributed by atoms with Crippen molar-refractivity contribution in [3.8, 4) is 11.5 Å². The predicted molar refractivity (Wildman–Crippen MR) is 80.8 cm³/mol. The number of anilines is 1. The normalized spacial score (nSPS) is 16.4. The molecule has 0 aromatic heterocycles. The minimum absolute atomic E-state index is 0.0621. The van der Waals surface area contributed by atoms with Gasteiger partial charge in [-0.25, -0.2) is 0 Å². The van der Waals surface area contributed by atoms with Crippen molar-refractivity contribution in [2.45, 2.75) is 13.0 Å². The molecule has 120 valence electrons. The van der Waals surface area contributed by atoms with E-state index in [0.717, 1.165) is 11.3 Å². The fourth-order valence-corrected chi connectivity index (χ4v) is 2.50. The average molecular weight is 319 g/mol. The van der Waals surface area contributed by atoms with Gasteiger partial charge in [0.1, 0.15) is 18.1 Å². The molecule has 0 aliphatic carbocycles. The molecule has 1 heterocycles. The molecule has 0 bridgehead atoms. The Bertz CT molecular complexity index is 706. The van der Waals surface area contributed by atoms with Gasteiger partial charge in [0.05, 0.1) is 11.6 Å². The Morgan fingerprint density at radius 1 is 1.17 bits per heavy atom. The molecule has 4 nitrogen and oxygen atoms in total. The van der Waals surface area contributed by atoms with Crippen LogP contribution in [-0.2, 0) is 11.2 Å². The molecule has 1 aliphatic heterocycles. The number of para-hydroxylation sites is 3. The smallest absolute Gasteiger partial charge is 0.387 e. The number of fused-ring (bicyclic) bond motifs is 1. The topological polar surface area (TPSA) is 47.6 Å². The largest absolute Gasteiger partial charge is 0.492 e. The van der Waals surface area contributed by atoms with E-state index < -0.39 is 6.61 Å². The molecule has 2 aromatic rings. The maximum atomic E-state index is 12.4. The molecule has 1 N–H and O–H groups in total. The van der Waals surface area contributed by atoms with Crippen molar-refractivity contribution in [3.05, 3.63) is 54.1 Å². The highest BCUT2D eigenvalue weighted by Gasteiger charge is 2.26. The van der Waals surface area contributed by atoms with E-state index in [1.54, 1.807) is 12.1 Å². The lowest BCUT2D eigenvalue weighted by Crippen LogP contribution is -2.32. The zero-order valence-corrected chi connectivity index (χ0v) is 12.2. The monoisotopic (exact) mass is 319 g/mol. The molecule has 0 saturated carbocycles. The first-order valence-electron chi connectivity index (χ1n) is 7.19. The number of halogens is 2. The summed E-state index contributed by atoms with van der Waals surface area (Å²) in [4.78, 5) is 12.4. The lowest BCUT2D eigenvalue weighted by atomic mass is 9.96. The zero-order valence-electron chi connectivity index (χ0n) is 12.2. The summed E-state index contributed by atoms with van der Waals surface area (Å²) in [6.45, 7) is -2.70. The second-order valence-electron chi connectivity index (χ2n) is 5.18. The van der Waals surface area contributed by atoms with Gasteiger partial charge >= 0.3 is 6.61 Å². The number of carbonyl (C=O) groups excluding carboxylic acids is 1. The lowest BCUT2D eigenvalue weighted by Gasteiger charge is -2.24. The van der Waals surface area contributed by atoms with Gasteiger partial charge in [0.25, 0.3) is 0 Å². The van der Waals surface area contributed by atoms with E-state index in [0.29, 0.717) is 6.42 Å². The van der Waals surface area contributed by atoms with Crippen molar-refractivity contribution in [2.24, 2.45) is 5.92 Å². The molecule has 1 aliphatic rings. The molecule has 0 fully saturated rings. The number of nitrogens with one attached hydrogen (secondary N) is 1. The number of alkyl halides is 2. The van der Waals surface area contributed by atoms with Crippen LogP contribution in [0.4, 0.5) is 14.5 Å². The summed E-state index contributed by atoms with van der Waals surface area (Å²) in [5, 5.41) is 2.64. The fourth-order valence-electron chi connectivity index (χ4n) is 2.50. The highest BCUT2D eigenvalue weighted by molar-refractivity contribution is 5.94. The molecule has 23 heavy (non-hydrogen) atoms. The highest BCUT2D eigenvalue weighted by atomic mass is 19.3. The van der Waals surface area contributed by atoms with Gasteiger partial charge in [-0.2, -0.15) is 8.78 Å². The molecule has 0 spiro atoms. The second-order valence-corrected chi connectivity index (χ2v) is 5.18. The van der Waals surface area contributed by atoms with E-state index >= 15 is 0 Å². The molecule has 3 rings (SSSR count). The highest BCUT2D eigenvalue weighted by Crippen LogP contribution is 2.29. The average Bonchev–Trinajstić information content (AvgIpc) is 2.55.